The molecule has 5 N–H and O–H groups in total. The summed E-state index contributed by atoms with van der Waals surface area (Å²) in [5.41, 5.74) is 3.22. The Morgan fingerprint density at radius 1 is 1.39 bits per heavy atom. The largest absolute Gasteiger partial charge is 0.356 e. The summed E-state index contributed by atoms with van der Waals surface area (Å²) in [6.45, 7) is 2.70. The van der Waals surface area contributed by atoms with Crippen molar-refractivity contribution in [2.45, 2.75) is 13.3 Å². The Balaban J connectivity index is 2.48. The number of nitrogen functional groups attached to an aromatic ring is 1. The quantitative estimate of drug-likeness (QED) is 0.407. The van der Waals surface area contributed by atoms with E-state index in [-0.39, 0.29) is 24.8 Å². The SMILES string of the molecule is CCNC(=O)CCNC(=O)c1ccncc1NN. The smallest absolute Gasteiger partial charge is 0.253 e. The Kier molecular flexibility index (Phi) is 5.59. The minimum absolute atomic E-state index is 0.0929. The van der Waals surface area contributed by atoms with E-state index in [0.29, 0.717) is 17.8 Å². The highest BCUT2D eigenvalue weighted by Crippen LogP contribution is 2.10. The maximum Gasteiger partial charge on any atom is 0.253 e. The van der Waals surface area contributed by atoms with E-state index in [9.17, 15) is 9.59 Å². The topological polar surface area (TPSA) is 109 Å². The fraction of sp³-hybridized carbons (Fsp3) is 0.364. The molecule has 18 heavy (non-hydrogen) atoms. The molecule has 98 valence electrons. The van der Waals surface area contributed by atoms with Crippen molar-refractivity contribution in [2.24, 2.45) is 5.84 Å². The number of aromatic nitrogens is 1. The van der Waals surface area contributed by atoms with Crippen LogP contribution in [0.25, 0.3) is 0 Å². The van der Waals surface area contributed by atoms with Gasteiger partial charge in [-0.15, -0.1) is 0 Å². The number of nitrogens with one attached hydrogen (secondary N) is 3. The molecule has 2 amide bonds. The lowest BCUT2D eigenvalue weighted by molar-refractivity contribution is -0.120. The molecular formula is C11H17N5O2. The number of nitrogens with zero attached hydrogens (tertiary/aromatic N) is 1. The van der Waals surface area contributed by atoms with Crippen LogP contribution in [0.5, 0.6) is 0 Å². The summed E-state index contributed by atoms with van der Waals surface area (Å²) in [5, 5.41) is 5.29. The third-order valence-corrected chi connectivity index (χ3v) is 2.23. The predicted molar refractivity (Wildman–Crippen MR) is 67.7 cm³/mol. The Morgan fingerprint density at radius 2 is 2.17 bits per heavy atom. The number of carbonyl (C=O) groups is 2. The maximum absolute atomic E-state index is 11.8. The van der Waals surface area contributed by atoms with Gasteiger partial charge < -0.3 is 16.1 Å². The third kappa shape index (κ3) is 4.02. The molecule has 0 aliphatic rings. The van der Waals surface area contributed by atoms with E-state index >= 15 is 0 Å². The van der Waals surface area contributed by atoms with Crippen molar-refractivity contribution in [3.63, 3.8) is 0 Å². The van der Waals surface area contributed by atoms with Crippen molar-refractivity contribution in [1.82, 2.24) is 15.6 Å². The standard InChI is InChI=1S/C11H17N5O2/c1-2-14-10(17)4-6-15-11(18)8-3-5-13-7-9(8)16-12/h3,5,7,16H,2,4,6,12H2,1H3,(H,14,17)(H,15,18). The molecule has 0 atom stereocenters. The van der Waals surface area contributed by atoms with Crippen LogP contribution in [0.2, 0.25) is 0 Å². The minimum Gasteiger partial charge on any atom is -0.356 e. The molecule has 0 fully saturated rings. The van der Waals surface area contributed by atoms with Gasteiger partial charge in [-0.25, -0.2) is 0 Å². The van der Waals surface area contributed by atoms with E-state index in [1.165, 1.54) is 12.4 Å². The van der Waals surface area contributed by atoms with Crippen molar-refractivity contribution in [1.29, 1.82) is 0 Å². The van der Waals surface area contributed by atoms with Crippen LogP contribution in [-0.4, -0.2) is 29.9 Å². The number of hydrogen-bond acceptors (Lipinski definition) is 5. The Morgan fingerprint density at radius 3 is 2.83 bits per heavy atom. The lowest BCUT2D eigenvalue weighted by atomic mass is 10.2. The second-order valence-corrected chi connectivity index (χ2v) is 3.53. The fourth-order valence-electron chi connectivity index (χ4n) is 1.38. The van der Waals surface area contributed by atoms with Crippen LogP contribution < -0.4 is 21.9 Å². The molecule has 7 heteroatoms. The van der Waals surface area contributed by atoms with Gasteiger partial charge in [0.15, 0.2) is 0 Å². The van der Waals surface area contributed by atoms with Gasteiger partial charge in [-0.05, 0) is 13.0 Å². The number of anilines is 1. The number of rotatable bonds is 6. The molecule has 1 aromatic rings. The minimum atomic E-state index is -0.297. The Bertz CT molecular complexity index is 422. The monoisotopic (exact) mass is 251 g/mol. The van der Waals surface area contributed by atoms with Gasteiger partial charge in [-0.3, -0.25) is 20.4 Å². The van der Waals surface area contributed by atoms with Crippen molar-refractivity contribution < 1.29 is 9.59 Å². The molecule has 1 heterocycles. The molecule has 0 radical (unpaired) electrons. The first-order valence-corrected chi connectivity index (χ1v) is 5.64. The molecule has 0 saturated carbocycles. The van der Waals surface area contributed by atoms with Gasteiger partial charge in [0.05, 0.1) is 17.4 Å². The summed E-state index contributed by atoms with van der Waals surface area (Å²) >= 11 is 0. The lowest BCUT2D eigenvalue weighted by Crippen LogP contribution is -2.31. The van der Waals surface area contributed by atoms with E-state index in [1.54, 1.807) is 6.07 Å². The van der Waals surface area contributed by atoms with Crippen molar-refractivity contribution in [3.05, 3.63) is 24.0 Å². The van der Waals surface area contributed by atoms with Gasteiger partial charge in [0.1, 0.15) is 0 Å². The fourth-order valence-corrected chi connectivity index (χ4v) is 1.38. The first-order valence-electron chi connectivity index (χ1n) is 5.64. The second kappa shape index (κ2) is 7.23. The highest BCUT2D eigenvalue weighted by molar-refractivity contribution is 5.99. The summed E-state index contributed by atoms with van der Waals surface area (Å²) in [6, 6.07) is 1.55. The molecule has 0 bridgehead atoms. The highest BCUT2D eigenvalue weighted by Gasteiger charge is 2.10. The molecule has 0 aliphatic heterocycles. The number of nitrogens with two attached hydrogens (primary N) is 1. The number of carbonyl (C=O) groups excluding carboxylic acids is 2. The molecule has 1 aromatic heterocycles. The van der Waals surface area contributed by atoms with Crippen LogP contribution in [0.1, 0.15) is 23.7 Å². The van der Waals surface area contributed by atoms with Crippen LogP contribution in [0.15, 0.2) is 18.5 Å². The van der Waals surface area contributed by atoms with Gasteiger partial charge in [0.25, 0.3) is 5.91 Å². The van der Waals surface area contributed by atoms with Gasteiger partial charge in [-0.2, -0.15) is 0 Å². The average molecular weight is 251 g/mol. The van der Waals surface area contributed by atoms with E-state index in [4.69, 9.17) is 5.84 Å². The number of pyridine rings is 1. The maximum atomic E-state index is 11.8. The zero-order chi connectivity index (χ0) is 13.4. The zero-order valence-electron chi connectivity index (χ0n) is 10.2. The number of hydrogen-bond donors (Lipinski definition) is 4. The van der Waals surface area contributed by atoms with Gasteiger partial charge in [-0.1, -0.05) is 0 Å². The first kappa shape index (κ1) is 13.9. The van der Waals surface area contributed by atoms with E-state index in [0.717, 1.165) is 0 Å². The van der Waals surface area contributed by atoms with Crippen molar-refractivity contribution >= 4 is 17.5 Å². The van der Waals surface area contributed by atoms with Gasteiger partial charge >= 0.3 is 0 Å². The lowest BCUT2D eigenvalue weighted by Gasteiger charge is -2.08. The van der Waals surface area contributed by atoms with Gasteiger partial charge in [0, 0.05) is 25.7 Å². The van der Waals surface area contributed by atoms with Crippen LogP contribution >= 0.6 is 0 Å². The molecule has 1 rings (SSSR count). The van der Waals surface area contributed by atoms with Crippen molar-refractivity contribution in [3.8, 4) is 0 Å². The van der Waals surface area contributed by atoms with Crippen molar-refractivity contribution in [2.75, 3.05) is 18.5 Å². The number of hydrazine groups is 1. The predicted octanol–water partition coefficient (Wildman–Crippen LogP) is -0.377. The highest BCUT2D eigenvalue weighted by atomic mass is 16.2. The van der Waals surface area contributed by atoms with Crippen LogP contribution in [-0.2, 0) is 4.79 Å². The average Bonchev–Trinajstić information content (AvgIpc) is 2.38. The van der Waals surface area contributed by atoms with Crippen LogP contribution in [0.4, 0.5) is 5.69 Å². The third-order valence-electron chi connectivity index (χ3n) is 2.23. The Labute approximate surface area is 105 Å². The first-order chi connectivity index (χ1) is 8.69. The summed E-state index contributed by atoms with van der Waals surface area (Å²) in [7, 11) is 0. The zero-order valence-corrected chi connectivity index (χ0v) is 10.2. The molecule has 0 spiro atoms. The normalized spacial score (nSPS) is 9.67. The van der Waals surface area contributed by atoms with Crippen LogP contribution in [0.3, 0.4) is 0 Å². The Hall–Kier alpha value is -2.15. The molecule has 0 aromatic carbocycles. The summed E-state index contributed by atoms with van der Waals surface area (Å²) in [4.78, 5) is 26.8. The summed E-state index contributed by atoms with van der Waals surface area (Å²) in [6.07, 6.45) is 3.20. The summed E-state index contributed by atoms with van der Waals surface area (Å²) < 4.78 is 0. The van der Waals surface area contributed by atoms with Gasteiger partial charge in [0.2, 0.25) is 5.91 Å². The summed E-state index contributed by atoms with van der Waals surface area (Å²) in [5.74, 6) is 4.88. The molecule has 0 unspecified atom stereocenters. The molecule has 0 aliphatic carbocycles. The molecule has 0 saturated heterocycles. The van der Waals surface area contributed by atoms with Crippen LogP contribution in [0, 0.1) is 0 Å². The van der Waals surface area contributed by atoms with E-state index in [2.05, 4.69) is 21.0 Å². The second-order valence-electron chi connectivity index (χ2n) is 3.53. The molecule has 7 nitrogen and oxygen atoms in total. The van der Waals surface area contributed by atoms with E-state index < -0.39 is 0 Å². The van der Waals surface area contributed by atoms with E-state index in [1.807, 2.05) is 6.92 Å². The molecular weight excluding hydrogens is 234 g/mol. The number of amides is 2.